The van der Waals surface area contributed by atoms with Crippen LogP contribution >= 0.6 is 0 Å². The van der Waals surface area contributed by atoms with Crippen molar-refractivity contribution in [2.45, 2.75) is 51.6 Å². The molecule has 0 aliphatic heterocycles. The molecule has 12 heavy (non-hydrogen) atoms. The third-order valence-electron chi connectivity index (χ3n) is 1.91. The quantitative estimate of drug-likeness (QED) is 0.645. The van der Waals surface area contributed by atoms with Crippen molar-refractivity contribution in [2.75, 3.05) is 0 Å². The molecule has 0 spiro atoms. The molecule has 0 heterocycles. The molecule has 72 valence electrons. The van der Waals surface area contributed by atoms with Gasteiger partial charge in [0.2, 0.25) is 0 Å². The number of aliphatic hydroxyl groups is 1. The molecule has 0 aliphatic carbocycles. The highest BCUT2D eigenvalue weighted by Crippen LogP contribution is 2.23. The summed E-state index contributed by atoms with van der Waals surface area (Å²) in [5.74, 6) is -0.917. The Morgan fingerprint density at radius 3 is 1.92 bits per heavy atom. The Bertz CT molecular complexity index is 137. The minimum absolute atomic E-state index is 0.130. The number of hydrogen-bond acceptors (Lipinski definition) is 2. The first-order valence-corrected chi connectivity index (χ1v) is 4.48. The highest BCUT2D eigenvalue weighted by molar-refractivity contribution is 5.68. The Hall–Kier alpha value is -0.570. The van der Waals surface area contributed by atoms with Gasteiger partial charge in [-0.3, -0.25) is 4.79 Å². The van der Waals surface area contributed by atoms with Crippen LogP contribution < -0.4 is 0 Å². The van der Waals surface area contributed by atoms with Gasteiger partial charge in [-0.05, 0) is 12.8 Å². The summed E-state index contributed by atoms with van der Waals surface area (Å²) < 4.78 is 0. The second kappa shape index (κ2) is 5.14. The van der Waals surface area contributed by atoms with E-state index >= 15 is 0 Å². The maximum atomic E-state index is 10.4. The van der Waals surface area contributed by atoms with Crippen LogP contribution in [0.25, 0.3) is 0 Å². The Morgan fingerprint density at radius 2 is 1.67 bits per heavy atom. The van der Waals surface area contributed by atoms with Gasteiger partial charge in [-0.1, -0.05) is 26.7 Å². The van der Waals surface area contributed by atoms with Gasteiger partial charge in [0.1, 0.15) is 0 Å². The number of carboxylic acid groups (broad SMARTS) is 1. The largest absolute Gasteiger partial charge is 0.481 e. The van der Waals surface area contributed by atoms with Crippen LogP contribution in [0.1, 0.15) is 46.0 Å². The predicted octanol–water partition coefficient (Wildman–Crippen LogP) is 1.79. The Balaban J connectivity index is 4.07. The van der Waals surface area contributed by atoms with Crippen molar-refractivity contribution in [1.29, 1.82) is 0 Å². The van der Waals surface area contributed by atoms with Crippen molar-refractivity contribution in [3.63, 3.8) is 0 Å². The summed E-state index contributed by atoms with van der Waals surface area (Å²) in [5, 5.41) is 18.3. The molecule has 3 heteroatoms. The molecule has 3 nitrogen and oxygen atoms in total. The highest BCUT2D eigenvalue weighted by atomic mass is 16.4. The Morgan fingerprint density at radius 1 is 1.25 bits per heavy atom. The monoisotopic (exact) mass is 174 g/mol. The third kappa shape index (κ3) is 4.34. The molecule has 0 radical (unpaired) electrons. The number of carbonyl (C=O) groups is 1. The molecule has 0 aliphatic rings. The van der Waals surface area contributed by atoms with E-state index in [9.17, 15) is 9.90 Å². The van der Waals surface area contributed by atoms with Gasteiger partial charge in [-0.2, -0.15) is 0 Å². The zero-order valence-electron chi connectivity index (χ0n) is 7.84. The lowest BCUT2D eigenvalue weighted by Crippen LogP contribution is -2.31. The summed E-state index contributed by atoms with van der Waals surface area (Å²) in [6.45, 7) is 3.89. The number of aliphatic carboxylic acids is 1. The molecule has 0 rings (SSSR count). The van der Waals surface area contributed by atoms with E-state index in [1.165, 1.54) is 0 Å². The molecule has 0 aromatic carbocycles. The van der Waals surface area contributed by atoms with Crippen molar-refractivity contribution in [3.05, 3.63) is 0 Å². The van der Waals surface area contributed by atoms with Crippen LogP contribution in [0.3, 0.4) is 0 Å². The van der Waals surface area contributed by atoms with E-state index in [2.05, 4.69) is 0 Å². The summed E-state index contributed by atoms with van der Waals surface area (Å²) in [4.78, 5) is 10.4. The van der Waals surface area contributed by atoms with E-state index in [-0.39, 0.29) is 6.42 Å². The number of hydrogen-bond donors (Lipinski definition) is 2. The molecule has 0 fully saturated rings. The molecule has 0 aromatic heterocycles. The molecule has 2 N–H and O–H groups in total. The van der Waals surface area contributed by atoms with Crippen LogP contribution in [-0.4, -0.2) is 21.8 Å². The fourth-order valence-corrected chi connectivity index (χ4v) is 1.51. The Kier molecular flexibility index (Phi) is 4.90. The zero-order valence-corrected chi connectivity index (χ0v) is 7.84. The van der Waals surface area contributed by atoms with Gasteiger partial charge in [0, 0.05) is 0 Å². The van der Waals surface area contributed by atoms with Crippen molar-refractivity contribution in [3.8, 4) is 0 Å². The molecule has 0 saturated heterocycles. The van der Waals surface area contributed by atoms with Crippen LogP contribution in [-0.2, 0) is 4.79 Å². The molecule has 0 saturated carbocycles. The van der Waals surface area contributed by atoms with Gasteiger partial charge in [-0.25, -0.2) is 0 Å². The van der Waals surface area contributed by atoms with Crippen LogP contribution in [0.5, 0.6) is 0 Å². The number of carboxylic acids is 1. The number of rotatable bonds is 6. The van der Waals surface area contributed by atoms with Gasteiger partial charge in [0.15, 0.2) is 0 Å². The molecule has 0 unspecified atom stereocenters. The van der Waals surface area contributed by atoms with E-state index in [0.29, 0.717) is 12.8 Å². The highest BCUT2D eigenvalue weighted by Gasteiger charge is 2.27. The summed E-state index contributed by atoms with van der Waals surface area (Å²) in [6.07, 6.45) is 2.67. The van der Waals surface area contributed by atoms with E-state index < -0.39 is 11.6 Å². The summed E-state index contributed by atoms with van der Waals surface area (Å²) >= 11 is 0. The summed E-state index contributed by atoms with van der Waals surface area (Å²) in [5.41, 5.74) is -0.977. The zero-order chi connectivity index (χ0) is 9.61. The first-order chi connectivity index (χ1) is 5.54. The minimum Gasteiger partial charge on any atom is -0.481 e. The van der Waals surface area contributed by atoms with Crippen LogP contribution in [0.15, 0.2) is 0 Å². The molecule has 0 amide bonds. The first-order valence-electron chi connectivity index (χ1n) is 4.48. The van der Waals surface area contributed by atoms with Crippen LogP contribution in [0.2, 0.25) is 0 Å². The van der Waals surface area contributed by atoms with Crippen LogP contribution in [0, 0.1) is 0 Å². The second-order valence-electron chi connectivity index (χ2n) is 3.29. The average molecular weight is 174 g/mol. The van der Waals surface area contributed by atoms with Crippen molar-refractivity contribution < 1.29 is 15.0 Å². The lowest BCUT2D eigenvalue weighted by Gasteiger charge is -2.25. The fraction of sp³-hybridized carbons (Fsp3) is 0.889. The van der Waals surface area contributed by atoms with Gasteiger partial charge in [0.05, 0.1) is 12.0 Å². The average Bonchev–Trinajstić information content (AvgIpc) is 1.85. The van der Waals surface area contributed by atoms with E-state index in [4.69, 9.17) is 5.11 Å². The van der Waals surface area contributed by atoms with E-state index in [1.807, 2.05) is 13.8 Å². The first kappa shape index (κ1) is 11.4. The van der Waals surface area contributed by atoms with Gasteiger partial charge in [-0.15, -0.1) is 0 Å². The van der Waals surface area contributed by atoms with Crippen LogP contribution in [0.4, 0.5) is 0 Å². The lowest BCUT2D eigenvalue weighted by molar-refractivity contribution is -0.143. The molecule has 0 aromatic rings. The van der Waals surface area contributed by atoms with Gasteiger partial charge in [0.25, 0.3) is 0 Å². The topological polar surface area (TPSA) is 57.5 Å². The molecular weight excluding hydrogens is 156 g/mol. The lowest BCUT2D eigenvalue weighted by atomic mass is 9.89. The summed E-state index contributed by atoms with van der Waals surface area (Å²) in [7, 11) is 0. The maximum absolute atomic E-state index is 10.4. The Labute approximate surface area is 73.4 Å². The SMILES string of the molecule is CCCC(O)(CCC)CC(=O)O. The maximum Gasteiger partial charge on any atom is 0.306 e. The van der Waals surface area contributed by atoms with E-state index in [0.717, 1.165) is 12.8 Å². The normalized spacial score (nSPS) is 11.6. The molecular formula is C9H18O3. The second-order valence-corrected chi connectivity index (χ2v) is 3.29. The smallest absolute Gasteiger partial charge is 0.306 e. The van der Waals surface area contributed by atoms with Crippen molar-refractivity contribution in [2.24, 2.45) is 0 Å². The van der Waals surface area contributed by atoms with Gasteiger partial charge < -0.3 is 10.2 Å². The third-order valence-corrected chi connectivity index (χ3v) is 1.91. The fourth-order valence-electron chi connectivity index (χ4n) is 1.51. The minimum atomic E-state index is -0.977. The van der Waals surface area contributed by atoms with Crippen molar-refractivity contribution in [1.82, 2.24) is 0 Å². The molecule has 0 bridgehead atoms. The molecule has 0 atom stereocenters. The van der Waals surface area contributed by atoms with E-state index in [1.54, 1.807) is 0 Å². The standard InChI is InChI=1S/C9H18O3/c1-3-5-9(12,6-4-2)7-8(10)11/h12H,3-7H2,1-2H3,(H,10,11). The predicted molar refractivity (Wildman–Crippen MR) is 47.0 cm³/mol. The summed E-state index contributed by atoms with van der Waals surface area (Å²) in [6, 6.07) is 0. The van der Waals surface area contributed by atoms with Crippen molar-refractivity contribution >= 4 is 5.97 Å². The van der Waals surface area contributed by atoms with Gasteiger partial charge >= 0.3 is 5.97 Å².